The Bertz CT molecular complexity index is 1120. The Morgan fingerprint density at radius 2 is 1.92 bits per heavy atom. The lowest BCUT2D eigenvalue weighted by molar-refractivity contribution is 0.493. The lowest BCUT2D eigenvalue weighted by Gasteiger charge is -2.11. The van der Waals surface area contributed by atoms with Gasteiger partial charge < -0.3 is 4.18 Å². The first-order valence-electron chi connectivity index (χ1n) is 6.92. The van der Waals surface area contributed by atoms with Gasteiger partial charge in [-0.3, -0.25) is 9.12 Å². The number of aromatic nitrogens is 3. The topological polar surface area (TPSA) is 120 Å². The molecule has 0 saturated heterocycles. The Hall–Kier alpha value is -2.66. The van der Waals surface area contributed by atoms with Crippen LogP contribution < -0.4 is 8.91 Å². The van der Waals surface area contributed by atoms with Gasteiger partial charge in [-0.25, -0.2) is 18.4 Å². The smallest absolute Gasteiger partial charge is 0.306 e. The molecule has 0 radical (unpaired) electrons. The highest BCUT2D eigenvalue weighted by atomic mass is 32.2. The van der Waals surface area contributed by atoms with E-state index in [2.05, 4.69) is 14.7 Å². The molecule has 3 aromatic rings. The number of benzene rings is 1. The zero-order chi connectivity index (χ0) is 18.2. The molecule has 0 aliphatic heterocycles. The van der Waals surface area contributed by atoms with Crippen molar-refractivity contribution in [2.45, 2.75) is 0 Å². The van der Waals surface area contributed by atoms with Crippen LogP contribution in [0.4, 0.5) is 5.69 Å². The molecular formula is C14H14N4O5S2. The van der Waals surface area contributed by atoms with E-state index in [1.807, 2.05) is 0 Å². The molecule has 0 atom stereocenters. The van der Waals surface area contributed by atoms with Gasteiger partial charge >= 0.3 is 10.1 Å². The molecule has 2 heterocycles. The van der Waals surface area contributed by atoms with Crippen LogP contribution in [0.25, 0.3) is 17.0 Å². The van der Waals surface area contributed by atoms with Crippen molar-refractivity contribution in [3.8, 4) is 17.0 Å². The molecule has 0 unspecified atom stereocenters. The Morgan fingerprint density at radius 3 is 2.56 bits per heavy atom. The number of imidazole rings is 1. The van der Waals surface area contributed by atoms with Crippen molar-refractivity contribution >= 4 is 31.6 Å². The van der Waals surface area contributed by atoms with Crippen molar-refractivity contribution < 1.29 is 21.0 Å². The van der Waals surface area contributed by atoms with Crippen molar-refractivity contribution in [2.24, 2.45) is 0 Å². The van der Waals surface area contributed by atoms with Gasteiger partial charge in [0.25, 0.3) is 0 Å². The predicted octanol–water partition coefficient (Wildman–Crippen LogP) is 1.11. The Balaban J connectivity index is 2.13. The Morgan fingerprint density at radius 1 is 1.16 bits per heavy atom. The molecule has 0 aliphatic carbocycles. The van der Waals surface area contributed by atoms with Crippen molar-refractivity contribution in [3.05, 3.63) is 42.9 Å². The minimum Gasteiger partial charge on any atom is -0.383 e. The average molecular weight is 382 g/mol. The summed E-state index contributed by atoms with van der Waals surface area (Å²) in [6.45, 7) is 0. The second kappa shape index (κ2) is 6.01. The van der Waals surface area contributed by atoms with E-state index in [0.29, 0.717) is 17.0 Å². The van der Waals surface area contributed by atoms with Crippen molar-refractivity contribution in [1.29, 1.82) is 0 Å². The van der Waals surface area contributed by atoms with Gasteiger partial charge in [0.2, 0.25) is 15.8 Å². The summed E-state index contributed by atoms with van der Waals surface area (Å²) in [6, 6.07) is 5.96. The number of rotatable bonds is 5. The third kappa shape index (κ3) is 4.25. The molecule has 0 bridgehead atoms. The number of hydrogen-bond donors (Lipinski definition) is 1. The fourth-order valence-electron chi connectivity index (χ4n) is 2.22. The fourth-order valence-corrected chi connectivity index (χ4v) is 3.24. The molecule has 0 aliphatic rings. The Kier molecular flexibility index (Phi) is 4.13. The second-order valence-corrected chi connectivity index (χ2v) is 8.65. The first-order chi connectivity index (χ1) is 11.6. The number of fused-ring (bicyclic) bond motifs is 1. The number of sulfonamides is 1. The summed E-state index contributed by atoms with van der Waals surface area (Å²) in [4.78, 5) is 8.44. The fraction of sp³-hybridized carbons (Fsp3) is 0.143. The summed E-state index contributed by atoms with van der Waals surface area (Å²) in [5.74, 6) is 0.429. The first-order valence-corrected chi connectivity index (χ1v) is 10.6. The monoisotopic (exact) mass is 382 g/mol. The summed E-state index contributed by atoms with van der Waals surface area (Å²) >= 11 is 0. The number of anilines is 1. The van der Waals surface area contributed by atoms with Gasteiger partial charge in [0.05, 0.1) is 23.9 Å². The molecule has 25 heavy (non-hydrogen) atoms. The van der Waals surface area contributed by atoms with Gasteiger partial charge in [0, 0.05) is 30.2 Å². The van der Waals surface area contributed by atoms with Crippen LogP contribution in [0.5, 0.6) is 5.75 Å². The lowest BCUT2D eigenvalue weighted by atomic mass is 10.1. The van der Waals surface area contributed by atoms with E-state index >= 15 is 0 Å². The van der Waals surface area contributed by atoms with Gasteiger partial charge in [-0.2, -0.15) is 8.42 Å². The zero-order valence-corrected chi connectivity index (χ0v) is 14.9. The van der Waals surface area contributed by atoms with E-state index in [0.717, 1.165) is 12.5 Å². The molecule has 9 nitrogen and oxygen atoms in total. The van der Waals surface area contributed by atoms with Crippen molar-refractivity contribution in [3.63, 3.8) is 0 Å². The molecule has 132 valence electrons. The summed E-state index contributed by atoms with van der Waals surface area (Å²) in [5, 5.41) is 0. The summed E-state index contributed by atoms with van der Waals surface area (Å²) in [6.07, 6.45) is 6.92. The average Bonchev–Trinajstić information content (AvgIpc) is 2.87. The van der Waals surface area contributed by atoms with Gasteiger partial charge in [0.15, 0.2) is 0 Å². The van der Waals surface area contributed by atoms with E-state index in [4.69, 9.17) is 4.18 Å². The predicted molar refractivity (Wildman–Crippen MR) is 92.4 cm³/mol. The Labute approximate surface area is 144 Å². The maximum absolute atomic E-state index is 11.6. The molecule has 11 heteroatoms. The molecule has 0 fully saturated rings. The molecule has 1 aromatic carbocycles. The number of nitrogens with zero attached hydrogens (tertiary/aromatic N) is 3. The van der Waals surface area contributed by atoms with Crippen LogP contribution in [-0.4, -0.2) is 43.7 Å². The van der Waals surface area contributed by atoms with Crippen LogP contribution in [-0.2, 0) is 20.1 Å². The van der Waals surface area contributed by atoms with E-state index in [1.165, 1.54) is 18.2 Å². The van der Waals surface area contributed by atoms with Crippen LogP contribution in [0, 0.1) is 0 Å². The zero-order valence-electron chi connectivity index (χ0n) is 13.2. The SMILES string of the molecule is CS(=O)(=O)Nc1cc(OS(C)(=O)=O)ccc1-c1cn2cccnc2n1. The molecular weight excluding hydrogens is 368 g/mol. The van der Waals surface area contributed by atoms with Crippen molar-refractivity contribution in [2.75, 3.05) is 17.2 Å². The van der Waals surface area contributed by atoms with Gasteiger partial charge in [-0.15, -0.1) is 0 Å². The normalized spacial score (nSPS) is 12.2. The quantitative estimate of drug-likeness (QED) is 0.656. The van der Waals surface area contributed by atoms with E-state index < -0.39 is 20.1 Å². The van der Waals surface area contributed by atoms with E-state index in [1.54, 1.807) is 29.1 Å². The largest absolute Gasteiger partial charge is 0.383 e. The molecule has 2 aromatic heterocycles. The van der Waals surface area contributed by atoms with Crippen LogP contribution in [0.15, 0.2) is 42.9 Å². The van der Waals surface area contributed by atoms with E-state index in [-0.39, 0.29) is 11.4 Å². The minimum atomic E-state index is -3.74. The highest BCUT2D eigenvalue weighted by molar-refractivity contribution is 7.92. The molecule has 1 N–H and O–H groups in total. The summed E-state index contributed by atoms with van der Waals surface area (Å²) in [7, 11) is -7.35. The molecule has 3 rings (SSSR count). The van der Waals surface area contributed by atoms with Crippen LogP contribution in [0.1, 0.15) is 0 Å². The minimum absolute atomic E-state index is 0.0145. The molecule has 0 spiro atoms. The summed E-state index contributed by atoms with van der Waals surface area (Å²) in [5.41, 5.74) is 1.07. The molecule has 0 saturated carbocycles. The third-order valence-electron chi connectivity index (χ3n) is 3.05. The van der Waals surface area contributed by atoms with Gasteiger partial charge in [0.1, 0.15) is 5.75 Å². The van der Waals surface area contributed by atoms with Crippen LogP contribution >= 0.6 is 0 Å². The third-order valence-corrected chi connectivity index (χ3v) is 4.13. The highest BCUT2D eigenvalue weighted by Crippen LogP contribution is 2.32. The second-order valence-electron chi connectivity index (χ2n) is 5.32. The van der Waals surface area contributed by atoms with Gasteiger partial charge in [-0.1, -0.05) is 0 Å². The first kappa shape index (κ1) is 17.2. The summed E-state index contributed by atoms with van der Waals surface area (Å²) < 4.78 is 54.7. The van der Waals surface area contributed by atoms with Crippen LogP contribution in [0.3, 0.4) is 0 Å². The standard InChI is InChI=1S/C14H14N4O5S2/c1-24(19,20)17-12-8-10(23-25(2,21)22)4-5-11(12)13-9-18-7-3-6-15-14(18)16-13/h3-9,17H,1-2H3. The van der Waals surface area contributed by atoms with E-state index in [9.17, 15) is 16.8 Å². The maximum atomic E-state index is 11.6. The highest BCUT2D eigenvalue weighted by Gasteiger charge is 2.15. The van der Waals surface area contributed by atoms with Crippen LogP contribution in [0.2, 0.25) is 0 Å². The maximum Gasteiger partial charge on any atom is 0.306 e. The number of hydrogen-bond acceptors (Lipinski definition) is 7. The van der Waals surface area contributed by atoms with Crippen molar-refractivity contribution in [1.82, 2.24) is 14.4 Å². The number of nitrogens with one attached hydrogen (secondary N) is 1. The molecule has 0 amide bonds. The lowest BCUT2D eigenvalue weighted by Crippen LogP contribution is -2.11. The van der Waals surface area contributed by atoms with Gasteiger partial charge in [-0.05, 0) is 18.2 Å².